The highest BCUT2D eigenvalue weighted by Crippen LogP contribution is 2.24. The molecule has 1 saturated carbocycles. The van der Waals surface area contributed by atoms with Crippen molar-refractivity contribution in [2.45, 2.75) is 83.3 Å². The van der Waals surface area contributed by atoms with Gasteiger partial charge in [0.25, 0.3) is 5.91 Å². The Morgan fingerprint density at radius 1 is 1.19 bits per heavy atom. The molecular formula is C23H36F2N6O5. The fraction of sp³-hybridized carbons (Fsp3) is 0.739. The van der Waals surface area contributed by atoms with Crippen molar-refractivity contribution < 1.29 is 33.0 Å². The van der Waals surface area contributed by atoms with Crippen molar-refractivity contribution in [1.82, 2.24) is 20.2 Å². The van der Waals surface area contributed by atoms with Gasteiger partial charge in [-0.2, -0.15) is 13.8 Å². The molecule has 0 spiro atoms. The van der Waals surface area contributed by atoms with Gasteiger partial charge in [0.2, 0.25) is 5.95 Å². The summed E-state index contributed by atoms with van der Waals surface area (Å²) in [5.74, 6) is 0.0832. The Kier molecular flexibility index (Phi) is 9.60. The maximum atomic E-state index is 13.1. The van der Waals surface area contributed by atoms with Crippen LogP contribution in [0.25, 0.3) is 0 Å². The fourth-order valence-electron chi connectivity index (χ4n) is 4.10. The van der Waals surface area contributed by atoms with E-state index in [9.17, 15) is 23.5 Å². The molecule has 4 N–H and O–H groups in total. The normalized spacial score (nSPS) is 22.4. The molecule has 1 aromatic rings. The number of alkyl halides is 2. The van der Waals surface area contributed by atoms with Crippen molar-refractivity contribution in [3.05, 3.63) is 11.8 Å². The summed E-state index contributed by atoms with van der Waals surface area (Å²) in [6.45, 7) is 3.16. The Labute approximate surface area is 209 Å². The van der Waals surface area contributed by atoms with E-state index >= 15 is 0 Å². The molecule has 0 bridgehead atoms. The SMILES string of the molecule is CC(C)(C)OC(=O)N1CC[C@@H](NC(=O)c2cnc(NCCOC(F)F)nc2NC2CCC(O)CC2)C1. The zero-order valence-electron chi connectivity index (χ0n) is 20.9. The van der Waals surface area contributed by atoms with E-state index < -0.39 is 24.2 Å². The lowest BCUT2D eigenvalue weighted by atomic mass is 9.93. The Morgan fingerprint density at radius 3 is 2.58 bits per heavy atom. The molecule has 36 heavy (non-hydrogen) atoms. The monoisotopic (exact) mass is 514 g/mol. The Balaban J connectivity index is 1.65. The van der Waals surface area contributed by atoms with Crippen molar-refractivity contribution in [3.63, 3.8) is 0 Å². The number of aliphatic hydroxyl groups excluding tert-OH is 1. The first-order valence-corrected chi connectivity index (χ1v) is 12.2. The third kappa shape index (κ3) is 8.70. The number of carbonyl (C=O) groups is 2. The van der Waals surface area contributed by atoms with Crippen LogP contribution in [0.5, 0.6) is 0 Å². The summed E-state index contributed by atoms with van der Waals surface area (Å²) in [6, 6.07) is -0.244. The topological polar surface area (TPSA) is 138 Å². The first-order valence-electron chi connectivity index (χ1n) is 12.2. The van der Waals surface area contributed by atoms with E-state index in [-0.39, 0.29) is 42.9 Å². The Morgan fingerprint density at radius 2 is 1.92 bits per heavy atom. The van der Waals surface area contributed by atoms with Gasteiger partial charge in [-0.05, 0) is 52.9 Å². The first kappa shape index (κ1) is 27.8. The van der Waals surface area contributed by atoms with Crippen LogP contribution in [-0.2, 0) is 9.47 Å². The predicted octanol–water partition coefficient (Wildman–Crippen LogP) is 2.58. The number of likely N-dealkylation sites (tertiary alicyclic amines) is 1. The molecule has 11 nitrogen and oxygen atoms in total. The van der Waals surface area contributed by atoms with Gasteiger partial charge in [-0.25, -0.2) is 9.78 Å². The van der Waals surface area contributed by atoms with Gasteiger partial charge in [0.15, 0.2) is 0 Å². The molecule has 2 amide bonds. The standard InChI is InChI=1S/C23H36F2N6O5/c1-23(2,3)36-22(34)31-10-8-15(13-31)29-19(33)17-12-27-21(26-9-11-35-20(24)25)30-18(17)28-14-4-6-16(32)7-5-14/h12,14-16,20,32H,4-11,13H2,1-3H3,(H,29,33)(H2,26,27,28,30)/t14?,15-,16?/m1/s1. The highest BCUT2D eigenvalue weighted by molar-refractivity contribution is 5.99. The summed E-state index contributed by atoms with van der Waals surface area (Å²) in [5, 5.41) is 18.8. The second kappa shape index (κ2) is 12.4. The third-order valence-electron chi connectivity index (χ3n) is 5.88. The number of nitrogens with one attached hydrogen (secondary N) is 3. The number of hydrogen-bond donors (Lipinski definition) is 4. The number of amides is 2. The number of hydrogen-bond acceptors (Lipinski definition) is 9. The highest BCUT2D eigenvalue weighted by Gasteiger charge is 2.31. The van der Waals surface area contributed by atoms with E-state index in [0.29, 0.717) is 51.0 Å². The Bertz CT molecular complexity index is 892. The lowest BCUT2D eigenvalue weighted by Crippen LogP contribution is -2.40. The molecular weight excluding hydrogens is 478 g/mol. The largest absolute Gasteiger partial charge is 0.444 e. The average molecular weight is 515 g/mol. The molecule has 1 saturated heterocycles. The van der Waals surface area contributed by atoms with Crippen LogP contribution in [0.1, 0.15) is 63.2 Å². The van der Waals surface area contributed by atoms with Crippen LogP contribution >= 0.6 is 0 Å². The summed E-state index contributed by atoms with van der Waals surface area (Å²) in [6.07, 6.45) is 3.91. The summed E-state index contributed by atoms with van der Waals surface area (Å²) in [5.41, 5.74) is -0.376. The van der Waals surface area contributed by atoms with Crippen LogP contribution in [0.2, 0.25) is 0 Å². The van der Waals surface area contributed by atoms with Gasteiger partial charge in [0.1, 0.15) is 17.0 Å². The molecule has 1 atom stereocenters. The molecule has 0 radical (unpaired) electrons. The number of ether oxygens (including phenoxy) is 2. The highest BCUT2D eigenvalue weighted by atomic mass is 19.3. The van der Waals surface area contributed by atoms with Gasteiger partial charge < -0.3 is 35.4 Å². The van der Waals surface area contributed by atoms with Crippen molar-refractivity contribution in [2.75, 3.05) is 36.9 Å². The average Bonchev–Trinajstić information content (AvgIpc) is 3.26. The second-order valence-corrected chi connectivity index (χ2v) is 10.0. The summed E-state index contributed by atoms with van der Waals surface area (Å²) >= 11 is 0. The van der Waals surface area contributed by atoms with Crippen LogP contribution in [0.3, 0.4) is 0 Å². The van der Waals surface area contributed by atoms with Gasteiger partial charge in [-0.1, -0.05) is 0 Å². The number of aliphatic hydroxyl groups is 1. The van der Waals surface area contributed by atoms with Crippen molar-refractivity contribution in [3.8, 4) is 0 Å². The number of anilines is 2. The summed E-state index contributed by atoms with van der Waals surface area (Å²) in [7, 11) is 0. The predicted molar refractivity (Wildman–Crippen MR) is 128 cm³/mol. The molecule has 1 aliphatic heterocycles. The van der Waals surface area contributed by atoms with Crippen LogP contribution in [0.4, 0.5) is 25.3 Å². The third-order valence-corrected chi connectivity index (χ3v) is 5.88. The molecule has 202 valence electrons. The zero-order valence-corrected chi connectivity index (χ0v) is 20.9. The van der Waals surface area contributed by atoms with E-state index in [1.54, 1.807) is 25.7 Å². The van der Waals surface area contributed by atoms with Gasteiger partial charge in [-0.3, -0.25) is 4.79 Å². The molecule has 0 aromatic carbocycles. The quantitative estimate of drug-likeness (QED) is 0.366. The summed E-state index contributed by atoms with van der Waals surface area (Å²) in [4.78, 5) is 35.6. The van der Waals surface area contributed by atoms with E-state index in [0.717, 1.165) is 0 Å². The van der Waals surface area contributed by atoms with E-state index in [1.807, 2.05) is 0 Å². The zero-order chi connectivity index (χ0) is 26.3. The number of nitrogens with zero attached hydrogens (tertiary/aromatic N) is 3. The minimum absolute atomic E-state index is 0.0130. The number of rotatable bonds is 9. The molecule has 13 heteroatoms. The first-order chi connectivity index (χ1) is 17.0. The molecule has 2 heterocycles. The number of halogens is 2. The van der Waals surface area contributed by atoms with E-state index in [4.69, 9.17) is 4.74 Å². The molecule has 0 unspecified atom stereocenters. The van der Waals surface area contributed by atoms with Gasteiger partial charge in [-0.15, -0.1) is 0 Å². The van der Waals surface area contributed by atoms with Crippen molar-refractivity contribution in [1.29, 1.82) is 0 Å². The molecule has 2 fully saturated rings. The summed E-state index contributed by atoms with van der Waals surface area (Å²) < 4.78 is 34.0. The number of carbonyl (C=O) groups excluding carboxylic acids is 2. The second-order valence-electron chi connectivity index (χ2n) is 10.0. The van der Waals surface area contributed by atoms with Crippen LogP contribution in [0, 0.1) is 0 Å². The Hall–Kier alpha value is -2.80. The lowest BCUT2D eigenvalue weighted by molar-refractivity contribution is -0.125. The van der Waals surface area contributed by atoms with Crippen LogP contribution < -0.4 is 16.0 Å². The maximum Gasteiger partial charge on any atom is 0.410 e. The van der Waals surface area contributed by atoms with Crippen molar-refractivity contribution >= 4 is 23.8 Å². The van der Waals surface area contributed by atoms with Crippen LogP contribution in [-0.4, -0.2) is 88.6 Å². The maximum absolute atomic E-state index is 13.1. The molecule has 1 aliphatic carbocycles. The van der Waals surface area contributed by atoms with E-state index in [1.165, 1.54) is 6.20 Å². The minimum Gasteiger partial charge on any atom is -0.444 e. The molecule has 3 rings (SSSR count). The fourth-order valence-corrected chi connectivity index (χ4v) is 4.10. The van der Waals surface area contributed by atoms with Crippen molar-refractivity contribution in [2.24, 2.45) is 0 Å². The van der Waals surface area contributed by atoms with Crippen LogP contribution in [0.15, 0.2) is 6.20 Å². The smallest absolute Gasteiger partial charge is 0.410 e. The number of aromatic nitrogens is 2. The molecule has 1 aromatic heterocycles. The lowest BCUT2D eigenvalue weighted by Gasteiger charge is -2.27. The minimum atomic E-state index is -2.86. The van der Waals surface area contributed by atoms with E-state index in [2.05, 4.69) is 30.7 Å². The van der Waals surface area contributed by atoms with Gasteiger partial charge in [0.05, 0.1) is 12.7 Å². The molecule has 2 aliphatic rings. The van der Waals surface area contributed by atoms with Gasteiger partial charge in [0, 0.05) is 37.9 Å². The van der Waals surface area contributed by atoms with Gasteiger partial charge >= 0.3 is 12.7 Å².